The molecule has 0 bridgehead atoms. The van der Waals surface area contributed by atoms with Gasteiger partial charge in [-0.25, -0.2) is 0 Å². The fourth-order valence-electron chi connectivity index (χ4n) is 3.33. The van der Waals surface area contributed by atoms with Crippen LogP contribution in [0.2, 0.25) is 0 Å². The van der Waals surface area contributed by atoms with Gasteiger partial charge in [-0.2, -0.15) is 0 Å². The first kappa shape index (κ1) is 17.0. The molecule has 24 heavy (non-hydrogen) atoms. The van der Waals surface area contributed by atoms with Crippen molar-refractivity contribution in [1.29, 1.82) is 0 Å². The van der Waals surface area contributed by atoms with Gasteiger partial charge in [-0.05, 0) is 43.5 Å². The van der Waals surface area contributed by atoms with Crippen LogP contribution < -0.4 is 14.3 Å². The third-order valence-corrected chi connectivity index (χ3v) is 5.37. The fourth-order valence-corrected chi connectivity index (χ4v) is 4.22. The summed E-state index contributed by atoms with van der Waals surface area (Å²) in [7, 11) is 3.28. The molecule has 1 aromatic carbocycles. The van der Waals surface area contributed by atoms with Crippen molar-refractivity contribution in [2.45, 2.75) is 26.3 Å². The standard InChI is InChI=1S/C18H24N2O3S/c1-12-5-4-8-20(10-12)11-16-17(19-18(21)24-16)14-9-13(22-2)6-7-15(14)23-3/h6-7,9,12H,4-5,8,10-11H2,1-3H3,(H,19,21). The molecular weight excluding hydrogens is 324 g/mol. The number of nitrogens with zero attached hydrogens (tertiary/aromatic N) is 1. The molecule has 3 rings (SSSR count). The Morgan fingerprint density at radius 1 is 1.33 bits per heavy atom. The number of hydrogen-bond donors (Lipinski definition) is 1. The van der Waals surface area contributed by atoms with Gasteiger partial charge in [0, 0.05) is 23.5 Å². The molecule has 0 saturated carbocycles. The normalized spacial score (nSPS) is 18.5. The first-order valence-corrected chi connectivity index (χ1v) is 9.09. The number of aromatic amines is 1. The third-order valence-electron chi connectivity index (χ3n) is 4.51. The van der Waals surface area contributed by atoms with Gasteiger partial charge in [-0.15, -0.1) is 0 Å². The van der Waals surface area contributed by atoms with E-state index in [4.69, 9.17) is 9.47 Å². The molecule has 130 valence electrons. The summed E-state index contributed by atoms with van der Waals surface area (Å²) < 4.78 is 10.8. The molecule has 0 amide bonds. The van der Waals surface area contributed by atoms with Crippen molar-refractivity contribution in [3.8, 4) is 22.8 Å². The molecule has 1 atom stereocenters. The molecule has 1 aliphatic heterocycles. The van der Waals surface area contributed by atoms with Crippen LogP contribution >= 0.6 is 11.3 Å². The zero-order valence-electron chi connectivity index (χ0n) is 14.4. The molecule has 2 heterocycles. The SMILES string of the molecule is COc1ccc(OC)c(-c2[nH]c(=O)sc2CN2CCCC(C)C2)c1. The first-order chi connectivity index (χ1) is 11.6. The second kappa shape index (κ2) is 7.40. The highest BCUT2D eigenvalue weighted by Crippen LogP contribution is 2.35. The van der Waals surface area contributed by atoms with Crippen LogP contribution in [-0.4, -0.2) is 37.2 Å². The summed E-state index contributed by atoms with van der Waals surface area (Å²) in [5.41, 5.74) is 1.72. The maximum Gasteiger partial charge on any atom is 0.305 e. The molecule has 0 radical (unpaired) electrons. The van der Waals surface area contributed by atoms with E-state index >= 15 is 0 Å². The summed E-state index contributed by atoms with van der Waals surface area (Å²) in [5.74, 6) is 2.19. The average Bonchev–Trinajstić information content (AvgIpc) is 2.94. The number of ether oxygens (including phenoxy) is 2. The van der Waals surface area contributed by atoms with Crippen molar-refractivity contribution in [2.24, 2.45) is 5.92 Å². The van der Waals surface area contributed by atoms with E-state index in [1.54, 1.807) is 14.2 Å². The maximum atomic E-state index is 12.0. The van der Waals surface area contributed by atoms with E-state index < -0.39 is 0 Å². The number of nitrogens with one attached hydrogen (secondary N) is 1. The third kappa shape index (κ3) is 3.65. The number of H-pyrrole nitrogens is 1. The topological polar surface area (TPSA) is 54.6 Å². The van der Waals surface area contributed by atoms with E-state index in [0.29, 0.717) is 5.92 Å². The number of methoxy groups -OCH3 is 2. The summed E-state index contributed by atoms with van der Waals surface area (Å²) in [6.45, 7) is 5.26. The van der Waals surface area contributed by atoms with Crippen molar-refractivity contribution in [3.63, 3.8) is 0 Å². The number of aromatic nitrogens is 1. The molecular formula is C18H24N2O3S. The van der Waals surface area contributed by atoms with Crippen LogP contribution in [0, 0.1) is 5.92 Å². The molecule has 1 saturated heterocycles. The average molecular weight is 348 g/mol. The smallest absolute Gasteiger partial charge is 0.305 e. The number of piperidine rings is 1. The first-order valence-electron chi connectivity index (χ1n) is 8.27. The van der Waals surface area contributed by atoms with E-state index in [1.807, 2.05) is 18.2 Å². The molecule has 5 nitrogen and oxygen atoms in total. The van der Waals surface area contributed by atoms with Crippen LogP contribution in [0.15, 0.2) is 23.0 Å². The van der Waals surface area contributed by atoms with Crippen molar-refractivity contribution in [2.75, 3.05) is 27.3 Å². The summed E-state index contributed by atoms with van der Waals surface area (Å²) in [6, 6.07) is 5.65. The zero-order chi connectivity index (χ0) is 17.1. The van der Waals surface area contributed by atoms with Gasteiger partial charge in [0.1, 0.15) is 11.5 Å². The fraction of sp³-hybridized carbons (Fsp3) is 0.500. The lowest BCUT2D eigenvalue weighted by Crippen LogP contribution is -2.33. The van der Waals surface area contributed by atoms with Gasteiger partial charge in [0.15, 0.2) is 0 Å². The second-order valence-electron chi connectivity index (χ2n) is 6.36. The summed E-state index contributed by atoms with van der Waals surface area (Å²) in [5, 5.41) is 0. The number of thiazole rings is 1. The predicted octanol–water partition coefficient (Wildman–Crippen LogP) is 3.35. The zero-order valence-corrected chi connectivity index (χ0v) is 15.2. The van der Waals surface area contributed by atoms with Crippen LogP contribution in [0.3, 0.4) is 0 Å². The Hall–Kier alpha value is -1.79. The van der Waals surface area contributed by atoms with Crippen LogP contribution in [0.5, 0.6) is 11.5 Å². The van der Waals surface area contributed by atoms with Gasteiger partial charge in [-0.3, -0.25) is 9.69 Å². The summed E-state index contributed by atoms with van der Waals surface area (Å²) >= 11 is 1.29. The highest BCUT2D eigenvalue weighted by atomic mass is 32.1. The molecule has 2 aromatic rings. The molecule has 1 aliphatic rings. The monoisotopic (exact) mass is 348 g/mol. The second-order valence-corrected chi connectivity index (χ2v) is 7.43. The van der Waals surface area contributed by atoms with Gasteiger partial charge in [0.25, 0.3) is 0 Å². The lowest BCUT2D eigenvalue weighted by atomic mass is 10.00. The lowest BCUT2D eigenvalue weighted by molar-refractivity contribution is 0.178. The van der Waals surface area contributed by atoms with E-state index in [1.165, 1.54) is 24.2 Å². The summed E-state index contributed by atoms with van der Waals surface area (Å²) in [4.78, 5) is 18.5. The molecule has 1 unspecified atom stereocenters. The van der Waals surface area contributed by atoms with Gasteiger partial charge >= 0.3 is 4.87 Å². The Morgan fingerprint density at radius 2 is 2.17 bits per heavy atom. The van der Waals surface area contributed by atoms with E-state index in [0.717, 1.165) is 47.3 Å². The quantitative estimate of drug-likeness (QED) is 0.900. The van der Waals surface area contributed by atoms with Crippen LogP contribution in [0.25, 0.3) is 11.3 Å². The molecule has 1 fully saturated rings. The number of hydrogen-bond acceptors (Lipinski definition) is 5. The van der Waals surface area contributed by atoms with Gasteiger partial charge in [0.05, 0.1) is 19.9 Å². The Labute approximate surface area is 146 Å². The van der Waals surface area contributed by atoms with E-state index in [9.17, 15) is 4.79 Å². The minimum absolute atomic E-state index is 0.0325. The summed E-state index contributed by atoms with van der Waals surface area (Å²) in [6.07, 6.45) is 2.51. The van der Waals surface area contributed by atoms with Crippen molar-refractivity contribution in [3.05, 3.63) is 32.7 Å². The van der Waals surface area contributed by atoms with Gasteiger partial charge in [0.2, 0.25) is 0 Å². The highest BCUT2D eigenvalue weighted by molar-refractivity contribution is 7.09. The maximum absolute atomic E-state index is 12.0. The molecule has 1 aromatic heterocycles. The largest absolute Gasteiger partial charge is 0.497 e. The number of benzene rings is 1. The minimum Gasteiger partial charge on any atom is -0.497 e. The van der Waals surface area contributed by atoms with Gasteiger partial charge in [-0.1, -0.05) is 18.3 Å². The van der Waals surface area contributed by atoms with Crippen molar-refractivity contribution < 1.29 is 9.47 Å². The molecule has 1 N–H and O–H groups in total. The predicted molar refractivity (Wildman–Crippen MR) is 97.2 cm³/mol. The molecule has 6 heteroatoms. The van der Waals surface area contributed by atoms with E-state index in [-0.39, 0.29) is 4.87 Å². The Bertz CT molecular complexity index is 753. The molecule has 0 aliphatic carbocycles. The highest BCUT2D eigenvalue weighted by Gasteiger charge is 2.21. The van der Waals surface area contributed by atoms with Crippen LogP contribution in [-0.2, 0) is 6.54 Å². The Morgan fingerprint density at radius 3 is 2.88 bits per heavy atom. The number of rotatable bonds is 5. The number of likely N-dealkylation sites (tertiary alicyclic amines) is 1. The van der Waals surface area contributed by atoms with Crippen LogP contribution in [0.1, 0.15) is 24.6 Å². The minimum atomic E-state index is -0.0325. The van der Waals surface area contributed by atoms with Gasteiger partial charge < -0.3 is 14.5 Å². The van der Waals surface area contributed by atoms with Crippen molar-refractivity contribution >= 4 is 11.3 Å². The Balaban J connectivity index is 1.96. The molecule has 0 spiro atoms. The van der Waals surface area contributed by atoms with Crippen molar-refractivity contribution in [1.82, 2.24) is 9.88 Å². The van der Waals surface area contributed by atoms with Crippen LogP contribution in [0.4, 0.5) is 0 Å². The Kier molecular flexibility index (Phi) is 5.26. The van der Waals surface area contributed by atoms with E-state index in [2.05, 4.69) is 16.8 Å². The lowest BCUT2D eigenvalue weighted by Gasteiger charge is -2.30.